The predicted octanol–water partition coefficient (Wildman–Crippen LogP) is 1.91. The van der Waals surface area contributed by atoms with E-state index in [0.717, 1.165) is 41.8 Å². The maximum atomic E-state index is 12.5. The van der Waals surface area contributed by atoms with Crippen LogP contribution in [0.3, 0.4) is 0 Å². The topological polar surface area (TPSA) is 91.5 Å². The highest BCUT2D eigenvalue weighted by Gasteiger charge is 2.26. The Balaban J connectivity index is 1.60. The van der Waals surface area contributed by atoms with Gasteiger partial charge in [0.1, 0.15) is 16.3 Å². The molecule has 0 spiro atoms. The number of aromatic nitrogens is 3. The van der Waals surface area contributed by atoms with Gasteiger partial charge in [-0.05, 0) is 31.5 Å². The fourth-order valence-electron chi connectivity index (χ4n) is 2.94. The number of aliphatic hydroxyl groups is 1. The highest BCUT2D eigenvalue weighted by Crippen LogP contribution is 2.34. The van der Waals surface area contributed by atoms with Crippen LogP contribution in [0.2, 0.25) is 4.34 Å². The minimum absolute atomic E-state index is 0.271. The van der Waals surface area contributed by atoms with Gasteiger partial charge in [0, 0.05) is 11.8 Å². The Morgan fingerprint density at radius 3 is 3.20 bits per heavy atom. The van der Waals surface area contributed by atoms with E-state index in [-0.39, 0.29) is 17.0 Å². The van der Waals surface area contributed by atoms with Gasteiger partial charge in [0.2, 0.25) is 0 Å². The summed E-state index contributed by atoms with van der Waals surface area (Å²) in [5, 5.41) is 20.2. The minimum atomic E-state index is -0.743. The Kier molecular flexibility index (Phi) is 4.43. The van der Waals surface area contributed by atoms with Crippen LogP contribution in [0.1, 0.15) is 22.6 Å². The van der Waals surface area contributed by atoms with Gasteiger partial charge in [-0.25, -0.2) is 9.50 Å². The van der Waals surface area contributed by atoms with Crippen molar-refractivity contribution in [3.8, 4) is 11.3 Å². The van der Waals surface area contributed by atoms with Crippen LogP contribution >= 0.6 is 22.9 Å². The van der Waals surface area contributed by atoms with Crippen molar-refractivity contribution >= 4 is 34.4 Å². The first kappa shape index (κ1) is 16.5. The molecule has 0 aliphatic carbocycles. The molecule has 0 aromatic carbocycles. The molecule has 1 fully saturated rings. The lowest BCUT2D eigenvalue weighted by Gasteiger charge is -2.28. The number of carbonyl (C=O) groups excluding carboxylic acids is 1. The standard InChI is InChI=1S/C16H16ClN5O2S/c17-13-12(9-8-19-22-7-2-1-5-11(9)22)21-16(25-13)15(24)20-10-4-3-6-18-14(10)23/h1-2,5,7-8,10,14,18,23H,3-4,6H2,(H,20,24). The van der Waals surface area contributed by atoms with Crippen molar-refractivity contribution in [1.82, 2.24) is 25.2 Å². The second-order valence-corrected chi connectivity index (χ2v) is 7.45. The minimum Gasteiger partial charge on any atom is -0.376 e. The lowest BCUT2D eigenvalue weighted by Crippen LogP contribution is -2.53. The van der Waals surface area contributed by atoms with E-state index in [9.17, 15) is 9.90 Å². The normalized spacial score (nSPS) is 20.7. The van der Waals surface area contributed by atoms with Gasteiger partial charge < -0.3 is 10.4 Å². The zero-order valence-corrected chi connectivity index (χ0v) is 14.7. The van der Waals surface area contributed by atoms with Gasteiger partial charge in [-0.1, -0.05) is 29.0 Å². The number of nitrogens with zero attached hydrogens (tertiary/aromatic N) is 3. The number of fused-ring (bicyclic) bond motifs is 1. The van der Waals surface area contributed by atoms with E-state index in [4.69, 9.17) is 11.6 Å². The summed E-state index contributed by atoms with van der Waals surface area (Å²) in [7, 11) is 0. The average molecular weight is 378 g/mol. The van der Waals surface area contributed by atoms with Gasteiger partial charge in [0.15, 0.2) is 5.01 Å². The van der Waals surface area contributed by atoms with Crippen LogP contribution in [0.4, 0.5) is 0 Å². The molecule has 3 N–H and O–H groups in total. The summed E-state index contributed by atoms with van der Waals surface area (Å²) < 4.78 is 2.17. The third-order valence-electron chi connectivity index (χ3n) is 4.20. The van der Waals surface area contributed by atoms with E-state index >= 15 is 0 Å². The van der Waals surface area contributed by atoms with Crippen LogP contribution in [0.5, 0.6) is 0 Å². The van der Waals surface area contributed by atoms with Crippen LogP contribution in [0, 0.1) is 0 Å². The molecule has 4 heterocycles. The van der Waals surface area contributed by atoms with Crippen molar-refractivity contribution in [3.05, 3.63) is 39.9 Å². The number of rotatable bonds is 3. The molecule has 3 aromatic rings. The number of carbonyl (C=O) groups is 1. The molecular formula is C16H16ClN5O2S. The van der Waals surface area contributed by atoms with Gasteiger partial charge in [-0.2, -0.15) is 5.10 Å². The fraction of sp³-hybridized carbons (Fsp3) is 0.312. The van der Waals surface area contributed by atoms with Crippen molar-refractivity contribution in [3.63, 3.8) is 0 Å². The summed E-state index contributed by atoms with van der Waals surface area (Å²) >= 11 is 7.45. The van der Waals surface area contributed by atoms with Crippen molar-refractivity contribution < 1.29 is 9.90 Å². The molecule has 1 aliphatic rings. The number of aliphatic hydroxyl groups excluding tert-OH is 1. The number of thiazole rings is 1. The van der Waals surface area contributed by atoms with Crippen molar-refractivity contribution in [2.24, 2.45) is 0 Å². The van der Waals surface area contributed by atoms with Gasteiger partial charge in [-0.15, -0.1) is 0 Å². The Bertz CT molecular complexity index is 924. The summed E-state index contributed by atoms with van der Waals surface area (Å²) in [5.41, 5.74) is 2.19. The van der Waals surface area contributed by atoms with Crippen LogP contribution in [-0.4, -0.2) is 44.4 Å². The van der Waals surface area contributed by atoms with E-state index < -0.39 is 6.23 Å². The van der Waals surface area contributed by atoms with Gasteiger partial charge in [0.05, 0.1) is 17.8 Å². The first-order valence-electron chi connectivity index (χ1n) is 7.95. The lowest BCUT2D eigenvalue weighted by molar-refractivity contribution is 0.0605. The Hall–Kier alpha value is -2.00. The van der Waals surface area contributed by atoms with Gasteiger partial charge in [0.25, 0.3) is 5.91 Å². The molecule has 0 bridgehead atoms. The van der Waals surface area contributed by atoms with Crippen LogP contribution in [0.25, 0.3) is 16.8 Å². The summed E-state index contributed by atoms with van der Waals surface area (Å²) in [5.74, 6) is -0.331. The number of halogens is 1. The predicted molar refractivity (Wildman–Crippen MR) is 95.8 cm³/mol. The number of hydrogen-bond donors (Lipinski definition) is 3. The molecule has 2 unspecified atom stereocenters. The van der Waals surface area contributed by atoms with E-state index in [0.29, 0.717) is 10.0 Å². The second-order valence-electron chi connectivity index (χ2n) is 5.85. The van der Waals surface area contributed by atoms with Crippen LogP contribution in [-0.2, 0) is 0 Å². The molecule has 0 saturated carbocycles. The maximum Gasteiger partial charge on any atom is 0.280 e. The first-order valence-corrected chi connectivity index (χ1v) is 9.14. The molecule has 4 rings (SSSR count). The summed E-state index contributed by atoms with van der Waals surface area (Å²) in [6, 6.07) is 5.38. The third-order valence-corrected chi connectivity index (χ3v) is 5.46. The Morgan fingerprint density at radius 1 is 1.48 bits per heavy atom. The molecule has 3 aromatic heterocycles. The number of piperidine rings is 1. The molecule has 0 radical (unpaired) electrons. The number of amides is 1. The molecule has 25 heavy (non-hydrogen) atoms. The van der Waals surface area contributed by atoms with Gasteiger partial charge in [-0.3, -0.25) is 10.1 Å². The second kappa shape index (κ2) is 6.72. The average Bonchev–Trinajstić information content (AvgIpc) is 3.20. The number of nitrogens with one attached hydrogen (secondary N) is 2. The molecular weight excluding hydrogens is 362 g/mol. The summed E-state index contributed by atoms with van der Waals surface area (Å²) in [6.45, 7) is 0.746. The lowest BCUT2D eigenvalue weighted by atomic mass is 10.1. The molecule has 130 valence electrons. The van der Waals surface area contributed by atoms with Crippen molar-refractivity contribution in [1.29, 1.82) is 0 Å². The van der Waals surface area contributed by atoms with E-state index in [1.54, 1.807) is 10.7 Å². The zero-order chi connectivity index (χ0) is 17.4. The SMILES string of the molecule is O=C(NC1CCCNC1O)c1nc(-c2cnn3ccccc23)c(Cl)s1. The molecule has 1 saturated heterocycles. The summed E-state index contributed by atoms with van der Waals surface area (Å²) in [4.78, 5) is 16.9. The third kappa shape index (κ3) is 3.13. The van der Waals surface area contributed by atoms with Gasteiger partial charge >= 0.3 is 0 Å². The molecule has 9 heteroatoms. The molecule has 7 nitrogen and oxygen atoms in total. The first-order chi connectivity index (χ1) is 12.1. The zero-order valence-electron chi connectivity index (χ0n) is 13.1. The molecule has 1 aliphatic heterocycles. The number of pyridine rings is 1. The highest BCUT2D eigenvalue weighted by molar-refractivity contribution is 7.18. The van der Waals surface area contributed by atoms with Crippen molar-refractivity contribution in [2.75, 3.05) is 6.54 Å². The van der Waals surface area contributed by atoms with Crippen molar-refractivity contribution in [2.45, 2.75) is 25.1 Å². The largest absolute Gasteiger partial charge is 0.376 e. The quantitative estimate of drug-likeness (QED) is 0.648. The highest BCUT2D eigenvalue weighted by atomic mass is 35.5. The van der Waals surface area contributed by atoms with E-state index in [1.807, 2.05) is 24.4 Å². The smallest absolute Gasteiger partial charge is 0.280 e. The molecule has 1 amide bonds. The van der Waals surface area contributed by atoms with Crippen LogP contribution < -0.4 is 10.6 Å². The van der Waals surface area contributed by atoms with E-state index in [2.05, 4.69) is 20.7 Å². The maximum absolute atomic E-state index is 12.5. The monoisotopic (exact) mass is 377 g/mol. The van der Waals surface area contributed by atoms with E-state index in [1.165, 1.54) is 0 Å². The number of hydrogen-bond acceptors (Lipinski definition) is 6. The molecule has 2 atom stereocenters. The Labute approximate surface area is 152 Å². The Morgan fingerprint density at radius 2 is 2.36 bits per heavy atom. The van der Waals surface area contributed by atoms with Crippen LogP contribution in [0.15, 0.2) is 30.6 Å². The summed E-state index contributed by atoms with van der Waals surface area (Å²) in [6.07, 6.45) is 4.40. The fourth-order valence-corrected chi connectivity index (χ4v) is 4.01.